The van der Waals surface area contributed by atoms with Crippen molar-refractivity contribution in [2.24, 2.45) is 11.8 Å². The third-order valence-electron chi connectivity index (χ3n) is 4.76. The van der Waals surface area contributed by atoms with Gasteiger partial charge in [-0.3, -0.25) is 0 Å². The molecule has 0 radical (unpaired) electrons. The minimum atomic E-state index is 0.860. The van der Waals surface area contributed by atoms with Crippen LogP contribution in [0.15, 0.2) is 24.4 Å². The highest BCUT2D eigenvalue weighted by atomic mass is 79.9. The van der Waals surface area contributed by atoms with Gasteiger partial charge in [-0.25, -0.2) is 4.98 Å². The van der Waals surface area contributed by atoms with Crippen molar-refractivity contribution < 1.29 is 0 Å². The molecule has 0 spiro atoms. The summed E-state index contributed by atoms with van der Waals surface area (Å²) < 4.78 is 2.21. The molecule has 3 nitrogen and oxygen atoms in total. The van der Waals surface area contributed by atoms with Crippen LogP contribution in [0.2, 0.25) is 0 Å². The summed E-state index contributed by atoms with van der Waals surface area (Å²) >= 11 is 3.63. The van der Waals surface area contributed by atoms with Gasteiger partial charge in [0.25, 0.3) is 0 Å². The van der Waals surface area contributed by atoms with E-state index in [2.05, 4.69) is 49.6 Å². The van der Waals surface area contributed by atoms with Crippen LogP contribution in [0.25, 0.3) is 5.65 Å². The molecule has 100 valence electrons. The highest BCUT2D eigenvalue weighted by molar-refractivity contribution is 9.08. The molecule has 1 aliphatic heterocycles. The van der Waals surface area contributed by atoms with Gasteiger partial charge in [0.2, 0.25) is 0 Å². The Morgan fingerprint density at radius 2 is 2.00 bits per heavy atom. The van der Waals surface area contributed by atoms with Crippen LogP contribution >= 0.6 is 15.9 Å². The second-order valence-electron chi connectivity index (χ2n) is 5.80. The van der Waals surface area contributed by atoms with E-state index >= 15 is 0 Å². The van der Waals surface area contributed by atoms with Crippen LogP contribution in [0.4, 0.5) is 5.82 Å². The number of fused-ring (bicyclic) bond motifs is 2. The average molecular weight is 320 g/mol. The molecule has 1 saturated carbocycles. The first-order valence-electron chi connectivity index (χ1n) is 7.13. The predicted octanol–water partition coefficient (Wildman–Crippen LogP) is 3.47. The van der Waals surface area contributed by atoms with Crippen molar-refractivity contribution in [3.63, 3.8) is 0 Å². The van der Waals surface area contributed by atoms with Gasteiger partial charge >= 0.3 is 0 Å². The van der Waals surface area contributed by atoms with Crippen molar-refractivity contribution in [1.29, 1.82) is 0 Å². The van der Waals surface area contributed by atoms with E-state index in [-0.39, 0.29) is 0 Å². The maximum absolute atomic E-state index is 4.85. The van der Waals surface area contributed by atoms with Gasteiger partial charge in [0.15, 0.2) is 5.82 Å². The minimum absolute atomic E-state index is 0.860. The molecular formula is C15H18BrN3. The zero-order valence-electron chi connectivity index (χ0n) is 10.9. The van der Waals surface area contributed by atoms with Crippen LogP contribution in [0.1, 0.15) is 25.0 Å². The molecular weight excluding hydrogens is 302 g/mol. The quantitative estimate of drug-likeness (QED) is 0.790. The summed E-state index contributed by atoms with van der Waals surface area (Å²) in [5, 5.41) is 0.860. The maximum atomic E-state index is 4.85. The largest absolute Gasteiger partial charge is 0.354 e. The van der Waals surface area contributed by atoms with Crippen molar-refractivity contribution in [3.05, 3.63) is 30.1 Å². The summed E-state index contributed by atoms with van der Waals surface area (Å²) in [4.78, 5) is 7.36. The van der Waals surface area contributed by atoms with E-state index in [1.54, 1.807) is 0 Å². The van der Waals surface area contributed by atoms with E-state index in [0.29, 0.717) is 0 Å². The zero-order chi connectivity index (χ0) is 12.8. The van der Waals surface area contributed by atoms with Crippen LogP contribution in [0.3, 0.4) is 0 Å². The number of aromatic nitrogens is 2. The van der Waals surface area contributed by atoms with E-state index in [4.69, 9.17) is 4.98 Å². The Bertz CT molecular complexity index is 594. The second kappa shape index (κ2) is 4.51. The molecule has 0 N–H and O–H groups in total. The molecule has 0 aromatic carbocycles. The lowest BCUT2D eigenvalue weighted by Crippen LogP contribution is -2.22. The molecule has 2 atom stereocenters. The molecule has 2 aromatic rings. The monoisotopic (exact) mass is 319 g/mol. The second-order valence-corrected chi connectivity index (χ2v) is 6.36. The van der Waals surface area contributed by atoms with Crippen molar-refractivity contribution in [2.75, 3.05) is 18.0 Å². The lowest BCUT2D eigenvalue weighted by atomic mass is 10.0. The summed E-state index contributed by atoms with van der Waals surface area (Å²) in [5.41, 5.74) is 2.35. The Morgan fingerprint density at radius 3 is 2.74 bits per heavy atom. The van der Waals surface area contributed by atoms with Gasteiger partial charge in [0.05, 0.1) is 5.69 Å². The molecule has 0 bridgehead atoms. The lowest BCUT2D eigenvalue weighted by molar-refractivity contribution is 0.494. The molecule has 2 fully saturated rings. The Labute approximate surface area is 121 Å². The zero-order valence-corrected chi connectivity index (χ0v) is 12.5. The van der Waals surface area contributed by atoms with Gasteiger partial charge in [0, 0.05) is 24.6 Å². The maximum Gasteiger partial charge on any atom is 0.152 e. The lowest BCUT2D eigenvalue weighted by Gasteiger charge is -2.18. The van der Waals surface area contributed by atoms with Crippen LogP contribution in [-0.4, -0.2) is 22.5 Å². The van der Waals surface area contributed by atoms with E-state index in [1.807, 2.05) is 0 Å². The Hall–Kier alpha value is -1.03. The third kappa shape index (κ3) is 1.80. The van der Waals surface area contributed by atoms with Gasteiger partial charge in [-0.15, -0.1) is 0 Å². The number of pyridine rings is 1. The van der Waals surface area contributed by atoms with Crippen molar-refractivity contribution in [2.45, 2.75) is 24.6 Å². The molecule has 1 aliphatic carbocycles. The smallest absolute Gasteiger partial charge is 0.152 e. The molecule has 2 unspecified atom stereocenters. The summed E-state index contributed by atoms with van der Waals surface area (Å²) in [6, 6.07) is 6.22. The Kier molecular flexibility index (Phi) is 2.79. The summed E-state index contributed by atoms with van der Waals surface area (Å²) in [7, 11) is 0. The van der Waals surface area contributed by atoms with Gasteiger partial charge < -0.3 is 9.30 Å². The normalized spacial score (nSPS) is 26.3. The molecule has 4 heteroatoms. The van der Waals surface area contributed by atoms with E-state index in [9.17, 15) is 0 Å². The average Bonchev–Trinajstić information content (AvgIpc) is 3.09. The summed E-state index contributed by atoms with van der Waals surface area (Å²) in [6.45, 7) is 2.41. The van der Waals surface area contributed by atoms with E-state index in [0.717, 1.165) is 22.8 Å². The first-order valence-corrected chi connectivity index (χ1v) is 8.26. The first kappa shape index (κ1) is 11.8. The van der Waals surface area contributed by atoms with Crippen LogP contribution in [-0.2, 0) is 5.33 Å². The number of imidazole rings is 1. The number of nitrogens with zero attached hydrogens (tertiary/aromatic N) is 3. The molecule has 0 amide bonds. The standard InChI is InChI=1S/C15H18BrN3/c16-8-13-15(17-14-6-1-2-7-19(13)14)18-9-11-4-3-5-12(11)10-18/h1-2,6-7,11-12H,3-5,8-10H2. The number of alkyl halides is 1. The number of anilines is 1. The highest BCUT2D eigenvalue weighted by Gasteiger charge is 2.37. The predicted molar refractivity (Wildman–Crippen MR) is 80.9 cm³/mol. The van der Waals surface area contributed by atoms with Crippen LogP contribution in [0.5, 0.6) is 0 Å². The van der Waals surface area contributed by atoms with Gasteiger partial charge in [0.1, 0.15) is 5.65 Å². The highest BCUT2D eigenvalue weighted by Crippen LogP contribution is 2.40. The van der Waals surface area contributed by atoms with Gasteiger partial charge in [-0.05, 0) is 36.8 Å². The van der Waals surface area contributed by atoms with Gasteiger partial charge in [-0.1, -0.05) is 28.4 Å². The number of hydrogen-bond acceptors (Lipinski definition) is 2. The van der Waals surface area contributed by atoms with Crippen molar-refractivity contribution in [1.82, 2.24) is 9.38 Å². The molecule has 3 heterocycles. The fourth-order valence-electron chi connectivity index (χ4n) is 3.82. The Morgan fingerprint density at radius 1 is 1.21 bits per heavy atom. The minimum Gasteiger partial charge on any atom is -0.354 e. The fourth-order valence-corrected chi connectivity index (χ4v) is 4.34. The number of halogens is 1. The van der Waals surface area contributed by atoms with E-state index in [1.165, 1.54) is 43.9 Å². The number of hydrogen-bond donors (Lipinski definition) is 0. The topological polar surface area (TPSA) is 20.5 Å². The Balaban J connectivity index is 1.75. The molecule has 19 heavy (non-hydrogen) atoms. The third-order valence-corrected chi connectivity index (χ3v) is 5.29. The SMILES string of the molecule is BrCc1c(N2CC3CCCC3C2)nc2ccccn12. The van der Waals surface area contributed by atoms with Crippen LogP contribution < -0.4 is 4.90 Å². The van der Waals surface area contributed by atoms with Gasteiger partial charge in [-0.2, -0.15) is 0 Å². The molecule has 2 aromatic heterocycles. The first-order chi connectivity index (χ1) is 9.36. The van der Waals surface area contributed by atoms with Crippen LogP contribution in [0, 0.1) is 11.8 Å². The summed E-state index contributed by atoms with van der Waals surface area (Å²) in [5.74, 6) is 3.01. The molecule has 2 aliphatic rings. The van der Waals surface area contributed by atoms with Crippen molar-refractivity contribution >= 4 is 27.4 Å². The van der Waals surface area contributed by atoms with Crippen molar-refractivity contribution in [3.8, 4) is 0 Å². The van der Waals surface area contributed by atoms with E-state index < -0.39 is 0 Å². The molecule has 1 saturated heterocycles. The number of rotatable bonds is 2. The fraction of sp³-hybridized carbons (Fsp3) is 0.533. The molecule has 4 rings (SSSR count). The summed E-state index contributed by atoms with van der Waals surface area (Å²) in [6.07, 6.45) is 6.37.